The number of aromatic nitrogens is 3. The van der Waals surface area contributed by atoms with E-state index in [1.54, 1.807) is 0 Å². The van der Waals surface area contributed by atoms with Gasteiger partial charge in [-0.15, -0.1) is 5.10 Å². The largest absolute Gasteiger partial charge is 0.376 e. The van der Waals surface area contributed by atoms with Crippen molar-refractivity contribution in [2.45, 2.75) is 57.2 Å². The highest BCUT2D eigenvalue weighted by atomic mass is 16.5. The second kappa shape index (κ2) is 7.16. The number of rotatable bonds is 4. The summed E-state index contributed by atoms with van der Waals surface area (Å²) in [6.45, 7) is 7.41. The Balaban J connectivity index is 1.33. The Labute approximate surface area is 167 Å². The zero-order valence-corrected chi connectivity index (χ0v) is 17.1. The lowest BCUT2D eigenvalue weighted by Crippen LogP contribution is -2.66. The van der Waals surface area contributed by atoms with Crippen molar-refractivity contribution in [3.05, 3.63) is 30.0 Å². The molecule has 0 saturated carbocycles. The van der Waals surface area contributed by atoms with Gasteiger partial charge in [0.1, 0.15) is 5.69 Å². The molecule has 1 spiro atoms. The molecule has 3 aliphatic heterocycles. The Hall–Kier alpha value is -1.92. The fraction of sp³-hybridized carbons (Fsp3) is 0.636. The van der Waals surface area contributed by atoms with E-state index in [0.29, 0.717) is 5.54 Å². The van der Waals surface area contributed by atoms with Gasteiger partial charge in [0.2, 0.25) is 0 Å². The maximum atomic E-state index is 5.84. The van der Waals surface area contributed by atoms with Crippen LogP contribution < -0.4 is 4.90 Å². The number of ether oxygens (including phenoxy) is 1. The minimum absolute atomic E-state index is 0.277. The van der Waals surface area contributed by atoms with Gasteiger partial charge in [-0.2, -0.15) is 0 Å². The molecule has 0 bridgehead atoms. The van der Waals surface area contributed by atoms with Crippen LogP contribution in [0.3, 0.4) is 0 Å². The Kier molecular flexibility index (Phi) is 4.63. The predicted molar refractivity (Wildman–Crippen MR) is 111 cm³/mol. The molecule has 6 nitrogen and oxygen atoms in total. The van der Waals surface area contributed by atoms with Crippen LogP contribution in [-0.4, -0.2) is 64.8 Å². The predicted octanol–water partition coefficient (Wildman–Crippen LogP) is 3.11. The second-order valence-corrected chi connectivity index (χ2v) is 8.97. The molecule has 5 rings (SSSR count). The average Bonchev–Trinajstić information content (AvgIpc) is 3.30. The molecule has 28 heavy (non-hydrogen) atoms. The van der Waals surface area contributed by atoms with E-state index in [2.05, 4.69) is 58.5 Å². The normalized spacial score (nSPS) is 24.6. The molecule has 0 unspecified atom stereocenters. The number of anilines is 1. The van der Waals surface area contributed by atoms with E-state index in [0.717, 1.165) is 25.3 Å². The average molecular weight is 382 g/mol. The van der Waals surface area contributed by atoms with Crippen molar-refractivity contribution in [2.24, 2.45) is 0 Å². The topological polar surface area (TPSA) is 46.4 Å². The Morgan fingerprint density at radius 3 is 2.86 bits per heavy atom. The first-order valence-corrected chi connectivity index (χ1v) is 10.7. The van der Waals surface area contributed by atoms with E-state index in [4.69, 9.17) is 4.74 Å². The minimum atomic E-state index is 0.277. The standard InChI is InChI=1S/C22H31N5O/c1-17-12-18(27-10-5-9-22(27)15-25(2)16-22)7-8-20(17)21-14-26(24-23-21)13-19-6-3-4-11-28-19/h7-8,12,14,19H,3-6,9-11,13,15-16H2,1-2H3/t19-/m1/s1. The Bertz CT molecular complexity index is 835. The summed E-state index contributed by atoms with van der Waals surface area (Å²) in [6, 6.07) is 6.84. The van der Waals surface area contributed by atoms with E-state index in [-0.39, 0.29) is 6.10 Å². The first-order valence-electron chi connectivity index (χ1n) is 10.7. The number of likely N-dealkylation sites (N-methyl/N-ethyl adjacent to an activating group) is 1. The number of nitrogens with zero attached hydrogens (tertiary/aromatic N) is 5. The summed E-state index contributed by atoms with van der Waals surface area (Å²) in [4.78, 5) is 5.06. The number of hydrogen-bond donors (Lipinski definition) is 0. The van der Waals surface area contributed by atoms with Gasteiger partial charge in [0.15, 0.2) is 0 Å². The summed E-state index contributed by atoms with van der Waals surface area (Å²) in [5, 5.41) is 8.80. The molecular weight excluding hydrogens is 350 g/mol. The third-order valence-corrected chi connectivity index (χ3v) is 6.73. The monoisotopic (exact) mass is 381 g/mol. The maximum Gasteiger partial charge on any atom is 0.113 e. The van der Waals surface area contributed by atoms with Crippen LogP contribution in [0.4, 0.5) is 5.69 Å². The lowest BCUT2D eigenvalue weighted by molar-refractivity contribution is 0.00370. The van der Waals surface area contributed by atoms with Gasteiger partial charge in [-0.25, -0.2) is 4.68 Å². The van der Waals surface area contributed by atoms with E-state index in [9.17, 15) is 0 Å². The molecule has 1 aromatic heterocycles. The van der Waals surface area contributed by atoms with Crippen LogP contribution in [0.5, 0.6) is 0 Å². The van der Waals surface area contributed by atoms with Gasteiger partial charge < -0.3 is 14.5 Å². The lowest BCUT2D eigenvalue weighted by atomic mass is 9.87. The highest BCUT2D eigenvalue weighted by Crippen LogP contribution is 2.41. The SMILES string of the molecule is Cc1cc(N2CCCC23CN(C)C3)ccc1-c1cn(C[C@H]2CCCCO2)nn1. The van der Waals surface area contributed by atoms with Crippen molar-refractivity contribution >= 4 is 5.69 Å². The maximum absolute atomic E-state index is 5.84. The highest BCUT2D eigenvalue weighted by molar-refractivity contribution is 5.67. The molecule has 2 aromatic rings. The molecule has 150 valence electrons. The van der Waals surface area contributed by atoms with Crippen LogP contribution in [0.1, 0.15) is 37.7 Å². The van der Waals surface area contributed by atoms with Crippen molar-refractivity contribution in [3.63, 3.8) is 0 Å². The number of hydrogen-bond acceptors (Lipinski definition) is 5. The summed E-state index contributed by atoms with van der Waals surface area (Å²) in [7, 11) is 2.22. The van der Waals surface area contributed by atoms with E-state index >= 15 is 0 Å². The van der Waals surface area contributed by atoms with Crippen molar-refractivity contribution in [2.75, 3.05) is 38.2 Å². The summed E-state index contributed by atoms with van der Waals surface area (Å²) in [5.74, 6) is 0. The van der Waals surface area contributed by atoms with E-state index in [1.165, 1.54) is 62.1 Å². The quantitative estimate of drug-likeness (QED) is 0.814. The number of benzene rings is 1. The zero-order chi connectivity index (χ0) is 19.1. The van der Waals surface area contributed by atoms with Crippen LogP contribution >= 0.6 is 0 Å². The van der Waals surface area contributed by atoms with Gasteiger partial charge in [-0.3, -0.25) is 0 Å². The molecule has 0 amide bonds. The van der Waals surface area contributed by atoms with Gasteiger partial charge in [0.05, 0.1) is 24.4 Å². The molecule has 1 aromatic carbocycles. The van der Waals surface area contributed by atoms with Gasteiger partial charge in [0.25, 0.3) is 0 Å². The van der Waals surface area contributed by atoms with Gasteiger partial charge in [0, 0.05) is 37.5 Å². The Morgan fingerprint density at radius 2 is 2.11 bits per heavy atom. The van der Waals surface area contributed by atoms with Gasteiger partial charge >= 0.3 is 0 Å². The fourth-order valence-corrected chi connectivity index (χ4v) is 5.40. The molecule has 6 heteroatoms. The molecule has 3 aliphatic rings. The van der Waals surface area contributed by atoms with Crippen LogP contribution in [0.25, 0.3) is 11.3 Å². The molecular formula is C22H31N5O. The van der Waals surface area contributed by atoms with E-state index in [1.807, 2.05) is 4.68 Å². The van der Waals surface area contributed by atoms with Crippen LogP contribution in [0, 0.1) is 6.92 Å². The Morgan fingerprint density at radius 1 is 1.21 bits per heavy atom. The molecule has 0 radical (unpaired) electrons. The molecule has 0 aliphatic carbocycles. The fourth-order valence-electron chi connectivity index (χ4n) is 5.40. The van der Waals surface area contributed by atoms with Gasteiger partial charge in [-0.1, -0.05) is 11.3 Å². The second-order valence-electron chi connectivity index (χ2n) is 8.97. The summed E-state index contributed by atoms with van der Waals surface area (Å²) < 4.78 is 7.78. The van der Waals surface area contributed by atoms with E-state index < -0.39 is 0 Å². The molecule has 1 atom stereocenters. The highest BCUT2D eigenvalue weighted by Gasteiger charge is 2.48. The summed E-state index contributed by atoms with van der Waals surface area (Å²) >= 11 is 0. The van der Waals surface area contributed by atoms with Crippen LogP contribution in [0.15, 0.2) is 24.4 Å². The minimum Gasteiger partial charge on any atom is -0.376 e. The number of aryl methyl sites for hydroxylation is 1. The first kappa shape index (κ1) is 18.1. The lowest BCUT2D eigenvalue weighted by Gasteiger charge is -2.52. The smallest absolute Gasteiger partial charge is 0.113 e. The van der Waals surface area contributed by atoms with Crippen LogP contribution in [-0.2, 0) is 11.3 Å². The summed E-state index contributed by atoms with van der Waals surface area (Å²) in [5.41, 5.74) is 5.13. The molecule has 3 fully saturated rings. The first-order chi connectivity index (χ1) is 13.6. The number of likely N-dealkylation sites (tertiary alicyclic amines) is 1. The molecule has 0 N–H and O–H groups in total. The van der Waals surface area contributed by atoms with Crippen LogP contribution in [0.2, 0.25) is 0 Å². The van der Waals surface area contributed by atoms with Crippen molar-refractivity contribution in [1.29, 1.82) is 0 Å². The molecule has 4 heterocycles. The van der Waals surface area contributed by atoms with Crippen molar-refractivity contribution in [1.82, 2.24) is 19.9 Å². The third kappa shape index (κ3) is 3.22. The zero-order valence-electron chi connectivity index (χ0n) is 17.1. The van der Waals surface area contributed by atoms with Crippen molar-refractivity contribution in [3.8, 4) is 11.3 Å². The van der Waals surface area contributed by atoms with Gasteiger partial charge in [-0.05, 0) is 63.8 Å². The third-order valence-electron chi connectivity index (χ3n) is 6.73. The summed E-state index contributed by atoms with van der Waals surface area (Å²) in [6.07, 6.45) is 8.51. The molecule has 3 saturated heterocycles. The van der Waals surface area contributed by atoms with Crippen molar-refractivity contribution < 1.29 is 4.74 Å².